The molecule has 38 heavy (non-hydrogen) atoms. The summed E-state index contributed by atoms with van der Waals surface area (Å²) in [5, 5.41) is 23.7. The molecule has 3 N–H and O–H groups in total. The lowest BCUT2D eigenvalue weighted by Gasteiger charge is -2.16. The van der Waals surface area contributed by atoms with Crippen LogP contribution in [0.5, 0.6) is 0 Å². The Kier molecular flexibility index (Phi) is 7.08. The lowest BCUT2D eigenvalue weighted by Crippen LogP contribution is -2.17. The summed E-state index contributed by atoms with van der Waals surface area (Å²) >= 11 is 0. The molecule has 5 rings (SSSR count). The standard InChI is InChI=1S/C25H27N9O3S/c1-17(8-10-35)30-22-11-24(27-13-19(22)4-3-18-12-28-33(2)15-18)31-23-7-9-26-25(32-23)20-14-29-34(16-20)38(36,37)21-5-6-21/h7,9,11-17,21,35H,5-6,8,10H2,1-2H3,(H2,26,27,30,31,32)/t17-/m1/s1. The highest BCUT2D eigenvalue weighted by Crippen LogP contribution is 2.30. The van der Waals surface area contributed by atoms with Gasteiger partial charge in [-0.2, -0.15) is 14.3 Å². The van der Waals surface area contributed by atoms with Crippen LogP contribution < -0.4 is 10.6 Å². The predicted octanol–water partition coefficient (Wildman–Crippen LogP) is 2.14. The summed E-state index contributed by atoms with van der Waals surface area (Å²) in [6.07, 6.45) is 11.5. The smallest absolute Gasteiger partial charge is 0.256 e. The van der Waals surface area contributed by atoms with E-state index in [1.165, 1.54) is 12.4 Å². The number of rotatable bonds is 9. The predicted molar refractivity (Wildman–Crippen MR) is 142 cm³/mol. The first-order chi connectivity index (χ1) is 18.3. The van der Waals surface area contributed by atoms with Crippen molar-refractivity contribution in [2.75, 3.05) is 17.2 Å². The highest BCUT2D eigenvalue weighted by atomic mass is 32.2. The van der Waals surface area contributed by atoms with Crippen molar-refractivity contribution >= 4 is 27.3 Å². The number of hydrogen-bond acceptors (Lipinski definition) is 10. The van der Waals surface area contributed by atoms with Crippen LogP contribution in [0.3, 0.4) is 0 Å². The maximum atomic E-state index is 12.5. The molecular weight excluding hydrogens is 506 g/mol. The topological polar surface area (TPSA) is 153 Å². The summed E-state index contributed by atoms with van der Waals surface area (Å²) in [4.78, 5) is 13.3. The highest BCUT2D eigenvalue weighted by Gasteiger charge is 2.37. The third kappa shape index (κ3) is 5.82. The summed E-state index contributed by atoms with van der Waals surface area (Å²) in [6.45, 7) is 2.03. The summed E-state index contributed by atoms with van der Waals surface area (Å²) in [7, 11) is -1.64. The van der Waals surface area contributed by atoms with Crippen LogP contribution >= 0.6 is 0 Å². The van der Waals surface area contributed by atoms with Gasteiger partial charge < -0.3 is 15.7 Å². The second kappa shape index (κ2) is 10.6. The average Bonchev–Trinajstić information content (AvgIpc) is 3.49. The van der Waals surface area contributed by atoms with Gasteiger partial charge in [-0.25, -0.2) is 23.4 Å². The molecule has 0 bridgehead atoms. The number of aromatic nitrogens is 7. The van der Waals surface area contributed by atoms with E-state index in [0.29, 0.717) is 47.8 Å². The Morgan fingerprint density at radius 3 is 2.71 bits per heavy atom. The Hall–Kier alpha value is -4.28. The zero-order chi connectivity index (χ0) is 26.7. The van der Waals surface area contributed by atoms with Crippen molar-refractivity contribution in [3.8, 4) is 23.2 Å². The van der Waals surface area contributed by atoms with Crippen LogP contribution in [0.2, 0.25) is 0 Å². The van der Waals surface area contributed by atoms with Crippen molar-refractivity contribution in [2.24, 2.45) is 7.05 Å². The molecule has 4 heterocycles. The Bertz CT molecular complexity index is 1610. The molecule has 0 aliphatic heterocycles. The molecule has 1 fully saturated rings. The SMILES string of the molecule is C[C@H](CCO)Nc1cc(Nc2ccnc(-c3cnn(S(=O)(=O)C4CC4)c3)n2)ncc1C#Cc1cnn(C)c1. The summed E-state index contributed by atoms with van der Waals surface area (Å²) in [5.41, 5.74) is 2.72. The minimum absolute atomic E-state index is 0.00306. The van der Waals surface area contributed by atoms with E-state index in [0.717, 1.165) is 15.3 Å². The molecule has 12 nitrogen and oxygen atoms in total. The van der Waals surface area contributed by atoms with E-state index in [-0.39, 0.29) is 17.9 Å². The molecule has 0 radical (unpaired) electrons. The van der Waals surface area contributed by atoms with Crippen molar-refractivity contribution in [3.63, 3.8) is 0 Å². The van der Waals surface area contributed by atoms with E-state index < -0.39 is 10.0 Å². The molecule has 0 saturated heterocycles. The quantitative estimate of drug-likeness (QED) is 0.273. The van der Waals surface area contributed by atoms with Crippen molar-refractivity contribution < 1.29 is 13.5 Å². The maximum absolute atomic E-state index is 12.5. The summed E-state index contributed by atoms with van der Waals surface area (Å²) in [5.74, 6) is 7.56. The molecule has 4 aromatic heterocycles. The zero-order valence-corrected chi connectivity index (χ0v) is 21.7. The van der Waals surface area contributed by atoms with Gasteiger partial charge in [0, 0.05) is 44.4 Å². The monoisotopic (exact) mass is 533 g/mol. The number of nitrogens with one attached hydrogen (secondary N) is 2. The van der Waals surface area contributed by atoms with E-state index in [4.69, 9.17) is 0 Å². The van der Waals surface area contributed by atoms with Gasteiger partial charge in [-0.1, -0.05) is 11.8 Å². The van der Waals surface area contributed by atoms with Crippen LogP contribution in [-0.4, -0.2) is 65.3 Å². The van der Waals surface area contributed by atoms with Crippen LogP contribution in [0.4, 0.5) is 17.3 Å². The van der Waals surface area contributed by atoms with E-state index in [2.05, 4.69) is 47.6 Å². The molecule has 0 spiro atoms. The van der Waals surface area contributed by atoms with Gasteiger partial charge in [0.1, 0.15) is 11.6 Å². The second-order valence-corrected chi connectivity index (χ2v) is 11.1. The number of aliphatic hydroxyl groups excluding tert-OH is 1. The Morgan fingerprint density at radius 2 is 1.97 bits per heavy atom. The minimum Gasteiger partial charge on any atom is -0.396 e. The van der Waals surface area contributed by atoms with Gasteiger partial charge in [0.05, 0.1) is 46.2 Å². The van der Waals surface area contributed by atoms with Gasteiger partial charge in [0.25, 0.3) is 10.0 Å². The molecule has 0 amide bonds. The van der Waals surface area contributed by atoms with Crippen LogP contribution in [0.25, 0.3) is 11.4 Å². The fourth-order valence-corrected chi connectivity index (χ4v) is 5.15. The Labute approximate surface area is 220 Å². The lowest BCUT2D eigenvalue weighted by molar-refractivity contribution is 0.282. The molecule has 1 aliphatic rings. The highest BCUT2D eigenvalue weighted by molar-refractivity contribution is 7.90. The number of aliphatic hydroxyl groups is 1. The van der Waals surface area contributed by atoms with Gasteiger partial charge in [-0.15, -0.1) is 0 Å². The normalized spacial score (nSPS) is 14.0. The largest absolute Gasteiger partial charge is 0.396 e. The van der Waals surface area contributed by atoms with Crippen LogP contribution in [-0.2, 0) is 17.1 Å². The van der Waals surface area contributed by atoms with Crippen molar-refractivity contribution in [1.29, 1.82) is 0 Å². The van der Waals surface area contributed by atoms with Crippen LogP contribution in [0.15, 0.2) is 49.3 Å². The van der Waals surface area contributed by atoms with E-state index >= 15 is 0 Å². The summed E-state index contributed by atoms with van der Waals surface area (Å²) < 4.78 is 27.6. The van der Waals surface area contributed by atoms with Crippen molar-refractivity contribution in [1.82, 2.24) is 33.9 Å². The van der Waals surface area contributed by atoms with E-state index in [9.17, 15) is 13.5 Å². The molecule has 1 aliphatic carbocycles. The van der Waals surface area contributed by atoms with Gasteiger partial charge in [0.2, 0.25) is 0 Å². The Morgan fingerprint density at radius 1 is 1.13 bits per heavy atom. The third-order valence-corrected chi connectivity index (χ3v) is 7.89. The molecule has 196 valence electrons. The number of hydrogen-bond donors (Lipinski definition) is 3. The number of pyridine rings is 1. The fraction of sp³-hybridized carbons (Fsp3) is 0.320. The average molecular weight is 534 g/mol. The number of anilines is 3. The molecule has 1 saturated carbocycles. The van der Waals surface area contributed by atoms with Crippen LogP contribution in [0, 0.1) is 11.8 Å². The van der Waals surface area contributed by atoms with Gasteiger partial charge in [0.15, 0.2) is 5.82 Å². The number of aryl methyl sites for hydroxylation is 1. The minimum atomic E-state index is -3.47. The molecule has 4 aromatic rings. The van der Waals surface area contributed by atoms with Crippen LogP contribution in [0.1, 0.15) is 37.3 Å². The molecule has 0 unspecified atom stereocenters. The van der Waals surface area contributed by atoms with Gasteiger partial charge in [-0.3, -0.25) is 4.68 Å². The van der Waals surface area contributed by atoms with Crippen molar-refractivity contribution in [3.05, 3.63) is 60.4 Å². The van der Waals surface area contributed by atoms with E-state index in [1.54, 1.807) is 29.3 Å². The lowest BCUT2D eigenvalue weighted by atomic mass is 10.1. The van der Waals surface area contributed by atoms with Gasteiger partial charge in [-0.05, 0) is 32.3 Å². The number of nitrogens with zero attached hydrogens (tertiary/aromatic N) is 7. The molecule has 13 heteroatoms. The molecule has 0 aromatic carbocycles. The fourth-order valence-electron chi connectivity index (χ4n) is 3.68. The third-order valence-electron chi connectivity index (χ3n) is 5.85. The maximum Gasteiger partial charge on any atom is 0.256 e. The second-order valence-electron chi connectivity index (χ2n) is 9.06. The zero-order valence-electron chi connectivity index (χ0n) is 20.9. The Balaban J connectivity index is 1.39. The first-order valence-electron chi connectivity index (χ1n) is 12.1. The van der Waals surface area contributed by atoms with Crippen molar-refractivity contribution in [2.45, 2.75) is 37.5 Å². The molecule has 1 atom stereocenters. The first-order valence-corrected chi connectivity index (χ1v) is 13.6. The first kappa shape index (κ1) is 25.4. The summed E-state index contributed by atoms with van der Waals surface area (Å²) in [6, 6.07) is 3.51. The van der Waals surface area contributed by atoms with Gasteiger partial charge >= 0.3 is 0 Å². The molecular formula is C25H27N9O3S. The van der Waals surface area contributed by atoms with E-state index in [1.807, 2.05) is 26.2 Å².